The van der Waals surface area contributed by atoms with Gasteiger partial charge in [0.05, 0.1) is 9.84 Å². The van der Waals surface area contributed by atoms with Crippen molar-refractivity contribution in [2.45, 2.75) is 42.1 Å². The molecule has 3 saturated carbocycles. The summed E-state index contributed by atoms with van der Waals surface area (Å²) >= 11 is 2.52. The van der Waals surface area contributed by atoms with E-state index in [4.69, 9.17) is 4.74 Å². The quantitative estimate of drug-likeness (QED) is 0.419. The van der Waals surface area contributed by atoms with Gasteiger partial charge in [-0.2, -0.15) is 0 Å². The Kier molecular flexibility index (Phi) is 2.13. The van der Waals surface area contributed by atoms with Crippen molar-refractivity contribution in [3.05, 3.63) is 0 Å². The third-order valence-electron chi connectivity index (χ3n) is 5.50. The Balaban J connectivity index is 1.58. The molecule has 0 bridgehead atoms. The third kappa shape index (κ3) is 1.06. The summed E-state index contributed by atoms with van der Waals surface area (Å²) in [6.07, 6.45) is 7.20. The summed E-state index contributed by atoms with van der Waals surface area (Å²) in [6, 6.07) is 0. The molecular weight excluding hydrogens is 315 g/mol. The molecule has 0 N–H and O–H groups in total. The van der Waals surface area contributed by atoms with Crippen LogP contribution in [0.4, 0.5) is 0 Å². The molecule has 1 heterocycles. The Morgan fingerprint density at radius 3 is 2.56 bits per heavy atom. The Morgan fingerprint density at radius 2 is 1.81 bits per heavy atom. The zero-order chi connectivity index (χ0) is 10.9. The summed E-state index contributed by atoms with van der Waals surface area (Å²) < 4.78 is 6.12. The number of halogens is 1. The topological polar surface area (TPSA) is 26.3 Å². The fourth-order valence-electron chi connectivity index (χ4n) is 4.78. The normalized spacial score (nSPS) is 54.9. The predicted molar refractivity (Wildman–Crippen MR) is 68.2 cm³/mol. The summed E-state index contributed by atoms with van der Waals surface area (Å²) in [7, 11) is 0. The molecule has 1 aliphatic heterocycles. The van der Waals surface area contributed by atoms with E-state index in [0.29, 0.717) is 27.8 Å². The number of rotatable bonds is 1. The van der Waals surface area contributed by atoms with Crippen molar-refractivity contribution in [3.63, 3.8) is 0 Å². The predicted octanol–water partition coefficient (Wildman–Crippen LogP) is 2.79. The monoisotopic (exact) mass is 332 g/mol. The molecule has 2 nitrogen and oxygen atoms in total. The van der Waals surface area contributed by atoms with Gasteiger partial charge in [-0.3, -0.25) is 4.79 Å². The van der Waals surface area contributed by atoms with E-state index in [0.717, 1.165) is 11.8 Å². The fourth-order valence-corrected chi connectivity index (χ4v) is 6.36. The van der Waals surface area contributed by atoms with Crippen LogP contribution in [-0.4, -0.2) is 16.0 Å². The van der Waals surface area contributed by atoms with Gasteiger partial charge in [-0.25, -0.2) is 0 Å². The summed E-state index contributed by atoms with van der Waals surface area (Å²) in [5.74, 6) is 3.43. The number of esters is 1. The minimum Gasteiger partial charge on any atom is -0.461 e. The van der Waals surface area contributed by atoms with Gasteiger partial charge in [0.1, 0.15) is 6.10 Å². The van der Waals surface area contributed by atoms with Crippen molar-refractivity contribution in [1.29, 1.82) is 0 Å². The van der Waals surface area contributed by atoms with Crippen LogP contribution >= 0.6 is 22.6 Å². The van der Waals surface area contributed by atoms with Crippen molar-refractivity contribution in [2.75, 3.05) is 0 Å². The molecule has 4 aliphatic rings. The van der Waals surface area contributed by atoms with Gasteiger partial charge in [0.2, 0.25) is 0 Å². The van der Waals surface area contributed by atoms with E-state index < -0.39 is 0 Å². The van der Waals surface area contributed by atoms with E-state index in [-0.39, 0.29) is 5.97 Å². The van der Waals surface area contributed by atoms with Crippen LogP contribution in [0.15, 0.2) is 0 Å². The lowest BCUT2D eigenvalue weighted by Gasteiger charge is -2.61. The molecular formula is C13H17IO2. The maximum absolute atomic E-state index is 11.8. The van der Waals surface area contributed by atoms with Gasteiger partial charge in [0, 0.05) is 5.92 Å². The van der Waals surface area contributed by atoms with E-state index in [9.17, 15) is 4.79 Å². The summed E-state index contributed by atoms with van der Waals surface area (Å²) in [5.41, 5.74) is 0. The first-order valence-electron chi connectivity index (χ1n) is 6.63. The number of ether oxygens (including phenoxy) is 1. The first-order chi connectivity index (χ1) is 7.79. The van der Waals surface area contributed by atoms with Crippen molar-refractivity contribution < 1.29 is 9.53 Å². The van der Waals surface area contributed by atoms with Crippen LogP contribution in [0.25, 0.3) is 0 Å². The molecule has 0 unspecified atom stereocenters. The highest BCUT2D eigenvalue weighted by Crippen LogP contribution is 2.68. The molecule has 0 aromatic rings. The standard InChI is InChI=1S/C13H17IO2/c14-11-8-7(6-4-2-1-3-5-6)10-9(8)12(11)16-13(10)15/h6-12H,1-5H2/t7-,8-,9+,10+,11+,12-/m0/s1. The van der Waals surface area contributed by atoms with E-state index in [1.165, 1.54) is 32.1 Å². The minimum atomic E-state index is 0.140. The van der Waals surface area contributed by atoms with Crippen molar-refractivity contribution in [1.82, 2.24) is 0 Å². The third-order valence-corrected chi connectivity index (χ3v) is 7.04. The number of carbonyl (C=O) groups excluding carboxylic acids is 1. The Bertz CT molecular complexity index is 337. The highest BCUT2D eigenvalue weighted by molar-refractivity contribution is 14.1. The van der Waals surface area contributed by atoms with Gasteiger partial charge in [-0.1, -0.05) is 54.7 Å². The lowest BCUT2D eigenvalue weighted by molar-refractivity contribution is -0.146. The number of carbonyl (C=O) groups is 1. The van der Waals surface area contributed by atoms with E-state index in [2.05, 4.69) is 22.6 Å². The van der Waals surface area contributed by atoms with Crippen LogP contribution in [0.5, 0.6) is 0 Å². The SMILES string of the molecule is O=C1O[C@@H]2[C@H](I)[C@H]3[C@H](C4CCCCC4)[C@@H]1[C@H]23. The Labute approximate surface area is 110 Å². The molecule has 0 amide bonds. The zero-order valence-electron chi connectivity index (χ0n) is 9.27. The lowest BCUT2D eigenvalue weighted by Crippen LogP contribution is -2.66. The van der Waals surface area contributed by atoms with E-state index in [1.54, 1.807) is 0 Å². The van der Waals surface area contributed by atoms with Crippen LogP contribution in [0.3, 0.4) is 0 Å². The number of alkyl halides is 1. The Hall–Kier alpha value is 0.200. The van der Waals surface area contributed by atoms with Gasteiger partial charge >= 0.3 is 5.97 Å². The summed E-state index contributed by atoms with van der Waals surface area (Å²) in [4.78, 5) is 11.8. The van der Waals surface area contributed by atoms with Crippen molar-refractivity contribution >= 4 is 28.6 Å². The zero-order valence-corrected chi connectivity index (χ0v) is 11.4. The van der Waals surface area contributed by atoms with Crippen molar-refractivity contribution in [3.8, 4) is 0 Å². The van der Waals surface area contributed by atoms with Gasteiger partial charge in [-0.15, -0.1) is 0 Å². The highest BCUT2D eigenvalue weighted by atomic mass is 127. The molecule has 0 aromatic heterocycles. The molecule has 4 fully saturated rings. The first kappa shape index (κ1) is 10.2. The smallest absolute Gasteiger partial charge is 0.309 e. The molecule has 0 aromatic carbocycles. The second kappa shape index (κ2) is 3.36. The fraction of sp³-hybridized carbons (Fsp3) is 0.923. The van der Waals surface area contributed by atoms with Gasteiger partial charge < -0.3 is 4.74 Å². The van der Waals surface area contributed by atoms with Crippen LogP contribution in [-0.2, 0) is 9.53 Å². The molecule has 88 valence electrons. The number of hydrogen-bond donors (Lipinski definition) is 0. The molecule has 0 radical (unpaired) electrons. The molecule has 6 atom stereocenters. The lowest BCUT2D eigenvalue weighted by atomic mass is 9.43. The minimum absolute atomic E-state index is 0.140. The second-order valence-corrected chi connectivity index (χ2v) is 7.44. The molecule has 3 aliphatic carbocycles. The average molecular weight is 332 g/mol. The van der Waals surface area contributed by atoms with Gasteiger partial charge in [-0.05, 0) is 17.8 Å². The molecule has 3 heteroatoms. The molecule has 16 heavy (non-hydrogen) atoms. The van der Waals surface area contributed by atoms with Crippen LogP contribution in [0, 0.1) is 29.6 Å². The second-order valence-electron chi connectivity index (χ2n) is 6.00. The average Bonchev–Trinajstić information content (AvgIpc) is 2.43. The van der Waals surface area contributed by atoms with Crippen LogP contribution in [0.2, 0.25) is 0 Å². The molecule has 0 spiro atoms. The maximum Gasteiger partial charge on any atom is 0.309 e. The molecule has 1 saturated heterocycles. The van der Waals surface area contributed by atoms with Crippen molar-refractivity contribution in [2.24, 2.45) is 29.6 Å². The van der Waals surface area contributed by atoms with E-state index in [1.807, 2.05) is 0 Å². The van der Waals surface area contributed by atoms with Gasteiger partial charge in [0.25, 0.3) is 0 Å². The largest absolute Gasteiger partial charge is 0.461 e. The van der Waals surface area contributed by atoms with Crippen LogP contribution < -0.4 is 0 Å². The van der Waals surface area contributed by atoms with Crippen LogP contribution in [0.1, 0.15) is 32.1 Å². The Morgan fingerprint density at radius 1 is 1.06 bits per heavy atom. The summed E-state index contributed by atoms with van der Waals surface area (Å²) in [6.45, 7) is 0. The van der Waals surface area contributed by atoms with E-state index >= 15 is 0 Å². The highest BCUT2D eigenvalue weighted by Gasteiger charge is 2.74. The van der Waals surface area contributed by atoms with Gasteiger partial charge in [0.15, 0.2) is 0 Å². The maximum atomic E-state index is 11.8. The summed E-state index contributed by atoms with van der Waals surface area (Å²) in [5, 5.41) is 0. The molecule has 4 rings (SSSR count). The number of hydrogen-bond acceptors (Lipinski definition) is 2. The first-order valence-corrected chi connectivity index (χ1v) is 7.88.